The van der Waals surface area contributed by atoms with Gasteiger partial charge < -0.3 is 5.21 Å². The highest BCUT2D eigenvalue weighted by molar-refractivity contribution is 5.80. The van der Waals surface area contributed by atoms with Crippen LogP contribution in [0, 0.1) is 11.3 Å². The van der Waals surface area contributed by atoms with Gasteiger partial charge in [0.05, 0.1) is 17.1 Å². The molecule has 0 aliphatic heterocycles. The lowest BCUT2D eigenvalue weighted by molar-refractivity contribution is 0.203. The van der Waals surface area contributed by atoms with Crippen molar-refractivity contribution in [2.45, 2.75) is 0 Å². The van der Waals surface area contributed by atoms with E-state index in [1.165, 1.54) is 0 Å². The van der Waals surface area contributed by atoms with Gasteiger partial charge in [-0.3, -0.25) is 4.98 Å². The summed E-state index contributed by atoms with van der Waals surface area (Å²) < 4.78 is 0.957. The zero-order valence-corrected chi connectivity index (χ0v) is 9.28. The fourth-order valence-electron chi connectivity index (χ4n) is 1.79. The van der Waals surface area contributed by atoms with Crippen LogP contribution in [-0.2, 0) is 0 Å². The van der Waals surface area contributed by atoms with Crippen LogP contribution >= 0.6 is 0 Å². The largest absolute Gasteiger partial charge is 0.426 e. The molecule has 0 amide bonds. The molecule has 0 unspecified atom stereocenters. The summed E-state index contributed by atoms with van der Waals surface area (Å²) in [7, 11) is 0. The Bertz CT molecular complexity index is 756. The molecule has 3 aromatic rings. The zero-order chi connectivity index (χ0) is 12.5. The molecule has 0 aliphatic carbocycles. The number of hydrogen-bond acceptors (Lipinski definition) is 4. The van der Waals surface area contributed by atoms with Gasteiger partial charge in [-0.05, 0) is 30.3 Å². The van der Waals surface area contributed by atoms with Crippen molar-refractivity contribution in [2.75, 3.05) is 0 Å². The molecule has 0 saturated heterocycles. The SMILES string of the molecule is N#Cc1ccc2nc(-c3ccccn3)n(O)c2c1. The van der Waals surface area contributed by atoms with E-state index in [-0.39, 0.29) is 0 Å². The third-order valence-corrected chi connectivity index (χ3v) is 2.65. The Balaban J connectivity index is 2.27. The zero-order valence-electron chi connectivity index (χ0n) is 9.28. The minimum Gasteiger partial charge on any atom is -0.426 e. The molecule has 3 rings (SSSR count). The van der Waals surface area contributed by atoms with Gasteiger partial charge in [-0.15, -0.1) is 0 Å². The number of nitriles is 1. The summed E-state index contributed by atoms with van der Waals surface area (Å²) in [5.41, 5.74) is 2.17. The van der Waals surface area contributed by atoms with Gasteiger partial charge in [-0.25, -0.2) is 4.98 Å². The summed E-state index contributed by atoms with van der Waals surface area (Å²) in [6, 6.07) is 12.4. The summed E-state index contributed by atoms with van der Waals surface area (Å²) in [5.74, 6) is 0.362. The third-order valence-electron chi connectivity index (χ3n) is 2.65. The van der Waals surface area contributed by atoms with Crippen molar-refractivity contribution in [2.24, 2.45) is 0 Å². The highest BCUT2D eigenvalue weighted by atomic mass is 16.5. The minimum absolute atomic E-state index is 0.362. The molecule has 18 heavy (non-hydrogen) atoms. The second kappa shape index (κ2) is 3.86. The lowest BCUT2D eigenvalue weighted by Crippen LogP contribution is -1.95. The lowest BCUT2D eigenvalue weighted by atomic mass is 10.2. The molecule has 1 aromatic carbocycles. The average Bonchev–Trinajstić information content (AvgIpc) is 2.77. The molecule has 0 aliphatic rings. The van der Waals surface area contributed by atoms with Crippen LogP contribution in [0.1, 0.15) is 5.56 Å². The Morgan fingerprint density at radius 2 is 2.11 bits per heavy atom. The van der Waals surface area contributed by atoms with Crippen molar-refractivity contribution >= 4 is 11.0 Å². The molecule has 0 radical (unpaired) electrons. The molecule has 0 spiro atoms. The van der Waals surface area contributed by atoms with Crippen LogP contribution in [0.2, 0.25) is 0 Å². The monoisotopic (exact) mass is 236 g/mol. The first-order valence-electron chi connectivity index (χ1n) is 5.33. The molecular weight excluding hydrogens is 228 g/mol. The number of benzene rings is 1. The molecule has 2 heterocycles. The van der Waals surface area contributed by atoms with E-state index in [1.54, 1.807) is 36.5 Å². The van der Waals surface area contributed by atoms with Crippen LogP contribution in [0.25, 0.3) is 22.6 Å². The van der Waals surface area contributed by atoms with Crippen molar-refractivity contribution in [1.82, 2.24) is 14.7 Å². The summed E-state index contributed by atoms with van der Waals surface area (Å²) in [6.45, 7) is 0. The maximum atomic E-state index is 10.1. The highest BCUT2D eigenvalue weighted by Gasteiger charge is 2.12. The van der Waals surface area contributed by atoms with E-state index >= 15 is 0 Å². The summed E-state index contributed by atoms with van der Waals surface area (Å²) in [5, 5.41) is 18.9. The number of imidazole rings is 1. The molecule has 1 N–H and O–H groups in total. The molecule has 5 heteroatoms. The van der Waals surface area contributed by atoms with Crippen molar-refractivity contribution in [1.29, 1.82) is 5.26 Å². The lowest BCUT2D eigenvalue weighted by Gasteiger charge is -1.99. The number of nitrogens with zero attached hydrogens (tertiary/aromatic N) is 4. The second-order valence-electron chi connectivity index (χ2n) is 3.78. The fraction of sp³-hybridized carbons (Fsp3) is 0. The van der Waals surface area contributed by atoms with Gasteiger partial charge in [-0.2, -0.15) is 9.99 Å². The van der Waals surface area contributed by atoms with E-state index in [1.807, 2.05) is 12.1 Å². The first kappa shape index (κ1) is 10.3. The second-order valence-corrected chi connectivity index (χ2v) is 3.78. The van der Waals surface area contributed by atoms with Gasteiger partial charge in [0.1, 0.15) is 11.2 Å². The summed E-state index contributed by atoms with van der Waals surface area (Å²) in [6.07, 6.45) is 1.63. The van der Waals surface area contributed by atoms with Crippen LogP contribution in [0.3, 0.4) is 0 Å². The Morgan fingerprint density at radius 3 is 2.83 bits per heavy atom. The van der Waals surface area contributed by atoms with Crippen LogP contribution in [0.5, 0.6) is 0 Å². The van der Waals surface area contributed by atoms with Gasteiger partial charge >= 0.3 is 0 Å². The number of pyridine rings is 1. The van der Waals surface area contributed by atoms with Crippen LogP contribution < -0.4 is 0 Å². The number of rotatable bonds is 1. The Morgan fingerprint density at radius 1 is 1.22 bits per heavy atom. The molecule has 0 atom stereocenters. The first-order chi connectivity index (χ1) is 8.79. The number of aromatic nitrogens is 3. The van der Waals surface area contributed by atoms with Gasteiger partial charge in [0.15, 0.2) is 5.82 Å². The number of fused-ring (bicyclic) bond motifs is 1. The van der Waals surface area contributed by atoms with E-state index in [4.69, 9.17) is 5.26 Å². The predicted octanol–water partition coefficient (Wildman–Crippen LogP) is 2.21. The minimum atomic E-state index is 0.362. The average molecular weight is 236 g/mol. The summed E-state index contributed by atoms with van der Waals surface area (Å²) in [4.78, 5) is 8.44. The molecule has 0 saturated carbocycles. The summed E-state index contributed by atoms with van der Waals surface area (Å²) >= 11 is 0. The van der Waals surface area contributed by atoms with Crippen LogP contribution in [-0.4, -0.2) is 19.9 Å². The molecule has 86 valence electrons. The van der Waals surface area contributed by atoms with E-state index < -0.39 is 0 Å². The van der Waals surface area contributed by atoms with Gasteiger partial charge in [-0.1, -0.05) is 6.07 Å². The normalized spacial score (nSPS) is 10.4. The maximum Gasteiger partial charge on any atom is 0.195 e. The standard InChI is InChI=1S/C13H8N4O/c14-8-9-4-5-10-12(7-9)17(18)13(16-10)11-3-1-2-6-15-11/h1-7,18H. The molecule has 2 aromatic heterocycles. The molecule has 0 fully saturated rings. The van der Waals surface area contributed by atoms with Crippen molar-refractivity contribution < 1.29 is 5.21 Å². The highest BCUT2D eigenvalue weighted by Crippen LogP contribution is 2.22. The number of hydrogen-bond donors (Lipinski definition) is 1. The smallest absolute Gasteiger partial charge is 0.195 e. The Labute approximate surface area is 103 Å². The topological polar surface area (TPSA) is 74.7 Å². The van der Waals surface area contributed by atoms with Gasteiger partial charge in [0, 0.05) is 6.20 Å². The van der Waals surface area contributed by atoms with Crippen molar-refractivity contribution in [3.8, 4) is 17.6 Å². The fourth-order valence-corrected chi connectivity index (χ4v) is 1.79. The Kier molecular flexibility index (Phi) is 2.21. The van der Waals surface area contributed by atoms with Gasteiger partial charge in [0.25, 0.3) is 0 Å². The van der Waals surface area contributed by atoms with Crippen LogP contribution in [0.4, 0.5) is 0 Å². The van der Waals surface area contributed by atoms with E-state index in [2.05, 4.69) is 9.97 Å². The van der Waals surface area contributed by atoms with Crippen LogP contribution in [0.15, 0.2) is 42.6 Å². The molecule has 5 nitrogen and oxygen atoms in total. The first-order valence-corrected chi connectivity index (χ1v) is 5.33. The van der Waals surface area contributed by atoms with E-state index in [0.717, 1.165) is 4.73 Å². The predicted molar refractivity (Wildman–Crippen MR) is 64.9 cm³/mol. The maximum absolute atomic E-state index is 10.1. The third kappa shape index (κ3) is 1.48. The quantitative estimate of drug-likeness (QED) is 0.657. The Hall–Kier alpha value is -2.87. The molecule has 0 bridgehead atoms. The van der Waals surface area contributed by atoms with Gasteiger partial charge in [0.2, 0.25) is 0 Å². The van der Waals surface area contributed by atoms with Crippen molar-refractivity contribution in [3.05, 3.63) is 48.2 Å². The van der Waals surface area contributed by atoms with E-state index in [9.17, 15) is 5.21 Å². The molecular formula is C13H8N4O. The van der Waals surface area contributed by atoms with Crippen molar-refractivity contribution in [3.63, 3.8) is 0 Å². The van der Waals surface area contributed by atoms with E-state index in [0.29, 0.717) is 28.1 Å².